The van der Waals surface area contributed by atoms with Crippen molar-refractivity contribution in [3.8, 4) is 12.3 Å². The molecule has 0 saturated carbocycles. The average molecular weight is 221 g/mol. The third kappa shape index (κ3) is 6.32. The lowest BCUT2D eigenvalue weighted by Gasteiger charge is -2.24. The molecule has 1 nitrogen and oxygen atoms in total. The molecule has 0 aromatic heterocycles. The van der Waals surface area contributed by atoms with Crippen LogP contribution in [0.3, 0.4) is 0 Å². The molecule has 0 N–H and O–H groups in total. The molecule has 0 aromatic rings. The normalized spacial score (nSPS) is 12.5. The van der Waals surface area contributed by atoms with Gasteiger partial charge in [0.15, 0.2) is 0 Å². The van der Waals surface area contributed by atoms with Crippen LogP contribution in [0, 0.1) is 18.3 Å². The van der Waals surface area contributed by atoms with Gasteiger partial charge >= 0.3 is 0 Å². The first kappa shape index (κ1) is 14.2. The minimum atomic E-state index is -0.843. The predicted molar refractivity (Wildman–Crippen MR) is 68.9 cm³/mol. The minimum absolute atomic E-state index is 0.184. The number of rotatable bonds is 8. The highest BCUT2D eigenvalue weighted by Gasteiger charge is 2.19. The molecule has 0 aliphatic carbocycles. The SMILES string of the molecule is C#CCC(O[Si](CC=C)CC=C)C(C)C. The average Bonchev–Trinajstić information content (AvgIpc) is 2.17. The third-order valence-corrected chi connectivity index (χ3v) is 4.25. The zero-order valence-electron chi connectivity index (χ0n) is 9.83. The Labute approximate surface area is 96.0 Å². The van der Waals surface area contributed by atoms with E-state index in [0.717, 1.165) is 12.1 Å². The molecule has 0 saturated heterocycles. The van der Waals surface area contributed by atoms with Gasteiger partial charge < -0.3 is 4.43 Å². The standard InChI is InChI=1S/C13H21OSi/c1-6-9-13(12(4)5)14-15(10-7-2)11-8-3/h1,7-8,12-13H,2-3,9-11H2,4-5H3. The number of hydrogen-bond acceptors (Lipinski definition) is 1. The van der Waals surface area contributed by atoms with Gasteiger partial charge in [0.1, 0.15) is 0 Å². The van der Waals surface area contributed by atoms with Gasteiger partial charge in [0.2, 0.25) is 9.04 Å². The molecular formula is C13H21OSi. The molecule has 0 amide bonds. The first-order valence-corrected chi connectivity index (χ1v) is 7.14. The first-order valence-electron chi connectivity index (χ1n) is 5.32. The lowest BCUT2D eigenvalue weighted by molar-refractivity contribution is 0.156. The van der Waals surface area contributed by atoms with Crippen molar-refractivity contribution in [2.45, 2.75) is 38.5 Å². The predicted octanol–water partition coefficient (Wildman–Crippen LogP) is 3.41. The third-order valence-electron chi connectivity index (χ3n) is 2.12. The largest absolute Gasteiger partial charge is 0.412 e. The van der Waals surface area contributed by atoms with Crippen LogP contribution in [0.5, 0.6) is 0 Å². The molecule has 0 fully saturated rings. The number of allylic oxidation sites excluding steroid dienone is 2. The summed E-state index contributed by atoms with van der Waals surface area (Å²) in [4.78, 5) is 0. The van der Waals surface area contributed by atoms with E-state index < -0.39 is 9.04 Å². The highest BCUT2D eigenvalue weighted by atomic mass is 28.3. The van der Waals surface area contributed by atoms with Crippen molar-refractivity contribution in [3.63, 3.8) is 0 Å². The molecule has 0 bridgehead atoms. The van der Waals surface area contributed by atoms with E-state index in [9.17, 15) is 0 Å². The van der Waals surface area contributed by atoms with E-state index in [1.54, 1.807) is 0 Å². The fraction of sp³-hybridized carbons (Fsp3) is 0.538. The van der Waals surface area contributed by atoms with Crippen molar-refractivity contribution < 1.29 is 4.43 Å². The van der Waals surface area contributed by atoms with Crippen LogP contribution in [-0.2, 0) is 4.43 Å². The van der Waals surface area contributed by atoms with Gasteiger partial charge in [0.05, 0.1) is 6.10 Å². The summed E-state index contributed by atoms with van der Waals surface area (Å²) in [5.74, 6) is 3.15. The van der Waals surface area contributed by atoms with E-state index in [1.165, 1.54) is 0 Å². The van der Waals surface area contributed by atoms with E-state index in [0.29, 0.717) is 12.3 Å². The summed E-state index contributed by atoms with van der Waals surface area (Å²) in [6.45, 7) is 11.8. The van der Waals surface area contributed by atoms with Crippen molar-refractivity contribution in [3.05, 3.63) is 25.3 Å². The van der Waals surface area contributed by atoms with Crippen LogP contribution < -0.4 is 0 Å². The van der Waals surface area contributed by atoms with Gasteiger partial charge in [-0.2, -0.15) is 0 Å². The molecule has 0 rings (SSSR count). The fourth-order valence-electron chi connectivity index (χ4n) is 1.25. The monoisotopic (exact) mass is 221 g/mol. The topological polar surface area (TPSA) is 9.23 Å². The Morgan fingerprint density at radius 2 is 1.87 bits per heavy atom. The van der Waals surface area contributed by atoms with Crippen molar-refractivity contribution in [2.24, 2.45) is 5.92 Å². The molecule has 15 heavy (non-hydrogen) atoms. The molecule has 0 aliphatic rings. The Kier molecular flexibility index (Phi) is 8.07. The molecule has 1 unspecified atom stereocenters. The molecule has 0 heterocycles. The number of terminal acetylenes is 1. The highest BCUT2D eigenvalue weighted by molar-refractivity contribution is 6.53. The van der Waals surface area contributed by atoms with Crippen LogP contribution >= 0.6 is 0 Å². The minimum Gasteiger partial charge on any atom is -0.412 e. The number of hydrogen-bond donors (Lipinski definition) is 0. The van der Waals surface area contributed by atoms with E-state index in [1.807, 2.05) is 12.2 Å². The lowest BCUT2D eigenvalue weighted by Crippen LogP contribution is -2.28. The Balaban J connectivity index is 4.25. The van der Waals surface area contributed by atoms with Crippen LogP contribution in [0.2, 0.25) is 12.1 Å². The van der Waals surface area contributed by atoms with Gasteiger partial charge in [-0.05, 0) is 18.0 Å². The molecule has 2 heteroatoms. The highest BCUT2D eigenvalue weighted by Crippen LogP contribution is 2.15. The maximum atomic E-state index is 6.05. The summed E-state index contributed by atoms with van der Waals surface area (Å²) >= 11 is 0. The van der Waals surface area contributed by atoms with Crippen molar-refractivity contribution in [1.82, 2.24) is 0 Å². The van der Waals surface area contributed by atoms with E-state index in [-0.39, 0.29) is 6.10 Å². The molecule has 1 radical (unpaired) electrons. The van der Waals surface area contributed by atoms with Gasteiger partial charge in [-0.25, -0.2) is 0 Å². The zero-order chi connectivity index (χ0) is 11.7. The quantitative estimate of drug-likeness (QED) is 0.347. The van der Waals surface area contributed by atoms with Crippen molar-refractivity contribution in [2.75, 3.05) is 0 Å². The van der Waals surface area contributed by atoms with Crippen LogP contribution in [-0.4, -0.2) is 15.1 Å². The summed E-state index contributed by atoms with van der Waals surface area (Å²) in [5, 5.41) is 0. The molecular weight excluding hydrogens is 200 g/mol. The van der Waals surface area contributed by atoms with Crippen LogP contribution in [0.15, 0.2) is 25.3 Å². The Hall–Kier alpha value is -0.783. The second-order valence-electron chi connectivity index (χ2n) is 3.83. The first-order chi connectivity index (χ1) is 7.15. The van der Waals surface area contributed by atoms with E-state index in [2.05, 4.69) is 32.9 Å². The van der Waals surface area contributed by atoms with Gasteiger partial charge in [-0.3, -0.25) is 0 Å². The smallest absolute Gasteiger partial charge is 0.219 e. The Morgan fingerprint density at radius 3 is 2.20 bits per heavy atom. The molecule has 83 valence electrons. The van der Waals surface area contributed by atoms with Gasteiger partial charge in [0.25, 0.3) is 0 Å². The molecule has 0 aromatic carbocycles. The maximum Gasteiger partial charge on any atom is 0.219 e. The Bertz CT molecular complexity index is 217. The lowest BCUT2D eigenvalue weighted by atomic mass is 10.1. The second kappa shape index (κ2) is 8.52. The van der Waals surface area contributed by atoms with Crippen molar-refractivity contribution in [1.29, 1.82) is 0 Å². The summed E-state index contributed by atoms with van der Waals surface area (Å²) in [5.41, 5.74) is 0. The van der Waals surface area contributed by atoms with E-state index in [4.69, 9.17) is 10.8 Å². The van der Waals surface area contributed by atoms with Crippen LogP contribution in [0.1, 0.15) is 20.3 Å². The summed E-state index contributed by atoms with van der Waals surface area (Å²) in [7, 11) is -0.843. The summed E-state index contributed by atoms with van der Waals surface area (Å²) in [6, 6.07) is 1.90. The summed E-state index contributed by atoms with van der Waals surface area (Å²) in [6.07, 6.45) is 10.1. The second-order valence-corrected chi connectivity index (χ2v) is 5.96. The molecule has 1 atom stereocenters. The van der Waals surface area contributed by atoms with Gasteiger partial charge in [-0.1, -0.05) is 26.0 Å². The van der Waals surface area contributed by atoms with E-state index >= 15 is 0 Å². The Morgan fingerprint density at radius 1 is 1.33 bits per heavy atom. The summed E-state index contributed by atoms with van der Waals surface area (Å²) < 4.78 is 6.05. The zero-order valence-corrected chi connectivity index (χ0v) is 10.8. The molecule has 0 spiro atoms. The molecule has 0 aliphatic heterocycles. The van der Waals surface area contributed by atoms with Gasteiger partial charge in [-0.15, -0.1) is 25.5 Å². The fourth-order valence-corrected chi connectivity index (χ4v) is 3.03. The van der Waals surface area contributed by atoms with Crippen LogP contribution in [0.25, 0.3) is 0 Å². The van der Waals surface area contributed by atoms with Gasteiger partial charge in [0, 0.05) is 6.42 Å². The maximum absolute atomic E-state index is 6.05. The van der Waals surface area contributed by atoms with Crippen LogP contribution in [0.4, 0.5) is 0 Å². The van der Waals surface area contributed by atoms with Crippen molar-refractivity contribution >= 4 is 9.04 Å².